The number of likely N-dealkylation sites (N-methyl/N-ethyl adjacent to an activating group) is 1. The molecule has 0 aliphatic carbocycles. The average molecular weight is 632 g/mol. The van der Waals surface area contributed by atoms with E-state index in [-0.39, 0.29) is 27.2 Å². The van der Waals surface area contributed by atoms with Crippen LogP contribution in [0.1, 0.15) is 6.92 Å². The summed E-state index contributed by atoms with van der Waals surface area (Å²) < 4.78 is 10.6. The molecule has 230 valence electrons. The minimum Gasteiger partial charge on any atom is -0.495 e. The zero-order chi connectivity index (χ0) is 31.1. The monoisotopic (exact) mass is 630 g/mol. The third-order valence-electron chi connectivity index (χ3n) is 7.08. The molecule has 0 saturated carbocycles. The number of urea groups is 1. The summed E-state index contributed by atoms with van der Waals surface area (Å²) >= 11 is 12.8. The van der Waals surface area contributed by atoms with Crippen LogP contribution in [0.5, 0.6) is 11.5 Å². The molecular weight excluding hydrogens is 595 g/mol. The van der Waals surface area contributed by atoms with Crippen LogP contribution in [0.25, 0.3) is 0 Å². The molecule has 1 saturated heterocycles. The van der Waals surface area contributed by atoms with Crippen molar-refractivity contribution in [2.45, 2.75) is 13.2 Å². The van der Waals surface area contributed by atoms with Gasteiger partial charge in [0, 0.05) is 51.0 Å². The van der Waals surface area contributed by atoms with Crippen LogP contribution in [0.15, 0.2) is 49.3 Å². The van der Waals surface area contributed by atoms with E-state index in [0.29, 0.717) is 23.0 Å². The molecule has 1 aromatic heterocycles. The van der Waals surface area contributed by atoms with Crippen molar-refractivity contribution < 1.29 is 19.4 Å². The first kappa shape index (κ1) is 32.0. The molecule has 0 spiro atoms. The van der Waals surface area contributed by atoms with Gasteiger partial charge in [-0.05, 0) is 30.8 Å². The Balaban J connectivity index is 1.55. The molecule has 2 aromatic carbocycles. The number of nitrogens with one attached hydrogen (secondary N) is 3. The number of anilines is 6. The van der Waals surface area contributed by atoms with Crippen molar-refractivity contribution in [1.82, 2.24) is 14.9 Å². The summed E-state index contributed by atoms with van der Waals surface area (Å²) in [4.78, 5) is 27.8. The number of benzene rings is 2. The molecule has 14 heteroatoms. The van der Waals surface area contributed by atoms with Crippen molar-refractivity contribution in [3.05, 3.63) is 59.4 Å². The number of carbonyl (C=O) groups is 1. The van der Waals surface area contributed by atoms with Gasteiger partial charge in [0.1, 0.15) is 45.7 Å². The third-order valence-corrected chi connectivity index (χ3v) is 7.83. The number of nitrogens with zero attached hydrogens (tertiary/aromatic N) is 5. The van der Waals surface area contributed by atoms with E-state index in [0.717, 1.165) is 38.4 Å². The molecular formula is C29H36Cl2N8O4. The third kappa shape index (κ3) is 7.52. The quantitative estimate of drug-likeness (QED) is 0.164. The molecule has 43 heavy (non-hydrogen) atoms. The Kier molecular flexibility index (Phi) is 10.8. The fourth-order valence-corrected chi connectivity index (χ4v) is 5.12. The number of hydrogen-bond acceptors (Lipinski definition) is 10. The van der Waals surface area contributed by atoms with E-state index in [1.54, 1.807) is 13.1 Å². The van der Waals surface area contributed by atoms with Crippen molar-refractivity contribution in [3.63, 3.8) is 0 Å². The number of ether oxygens (including phenoxy) is 2. The first-order chi connectivity index (χ1) is 20.7. The van der Waals surface area contributed by atoms with Crippen molar-refractivity contribution in [2.24, 2.45) is 0 Å². The normalized spacial score (nSPS) is 14.1. The Hall–Kier alpha value is -3.97. The van der Waals surface area contributed by atoms with Gasteiger partial charge in [-0.25, -0.2) is 14.8 Å². The summed E-state index contributed by atoms with van der Waals surface area (Å²) in [6, 6.07) is 8.50. The zero-order valence-corrected chi connectivity index (χ0v) is 26.0. The molecule has 1 unspecified atom stereocenters. The number of methoxy groups -OCH3 is 2. The molecule has 12 nitrogen and oxygen atoms in total. The van der Waals surface area contributed by atoms with Gasteiger partial charge >= 0.3 is 6.03 Å². The van der Waals surface area contributed by atoms with E-state index in [9.17, 15) is 9.90 Å². The van der Waals surface area contributed by atoms with E-state index in [1.165, 1.54) is 37.6 Å². The van der Waals surface area contributed by atoms with Crippen molar-refractivity contribution >= 4 is 63.6 Å². The number of carbonyl (C=O) groups excluding carboxylic acids is 1. The summed E-state index contributed by atoms with van der Waals surface area (Å²) in [6.07, 6.45) is 1.78. The molecule has 1 aliphatic rings. The van der Waals surface area contributed by atoms with Crippen LogP contribution in [0.4, 0.5) is 39.2 Å². The summed E-state index contributed by atoms with van der Waals surface area (Å²) in [5.41, 5.74) is 2.49. The van der Waals surface area contributed by atoms with E-state index in [2.05, 4.69) is 49.2 Å². The summed E-state index contributed by atoms with van der Waals surface area (Å²) in [6.45, 7) is 10.7. The standard InChI is InChI=1S/C29H36Cl2N8O4/c1-6-25(40)35-20-14-18(39-12-10-38(7-2)11-13-39)8-9-19(20)34-23-16-24(33-17-32-23)37(3)29(41)36-28-26(30)21(42-4)15-22(43-5)27(28)31/h6,8-9,14-17,25,35,40H,1,7,10-13H2,2-5H3,(H,36,41)(H,32,33,34). The number of aromatic nitrogens is 2. The van der Waals surface area contributed by atoms with E-state index >= 15 is 0 Å². The van der Waals surface area contributed by atoms with Crippen LogP contribution in [0.2, 0.25) is 10.0 Å². The van der Waals surface area contributed by atoms with Gasteiger partial charge in [0.05, 0.1) is 31.3 Å². The smallest absolute Gasteiger partial charge is 0.327 e. The van der Waals surface area contributed by atoms with Crippen LogP contribution >= 0.6 is 23.2 Å². The van der Waals surface area contributed by atoms with Crippen LogP contribution < -0.4 is 35.2 Å². The first-order valence-electron chi connectivity index (χ1n) is 13.6. The van der Waals surface area contributed by atoms with Crippen LogP contribution in [-0.2, 0) is 0 Å². The topological polar surface area (TPSA) is 127 Å². The molecule has 2 amide bonds. The summed E-state index contributed by atoms with van der Waals surface area (Å²) in [7, 11) is 4.44. The van der Waals surface area contributed by atoms with E-state index < -0.39 is 12.3 Å². The molecule has 1 atom stereocenters. The van der Waals surface area contributed by atoms with E-state index in [1.807, 2.05) is 18.2 Å². The van der Waals surface area contributed by atoms with Gasteiger partial charge in [0.2, 0.25) is 0 Å². The number of aliphatic hydroxyl groups is 1. The molecule has 0 radical (unpaired) electrons. The molecule has 1 aliphatic heterocycles. The molecule has 3 aromatic rings. The minimum atomic E-state index is -0.961. The van der Waals surface area contributed by atoms with Gasteiger partial charge in [-0.3, -0.25) is 4.90 Å². The minimum absolute atomic E-state index is 0.123. The van der Waals surface area contributed by atoms with Gasteiger partial charge in [0.25, 0.3) is 0 Å². The average Bonchev–Trinajstić information content (AvgIpc) is 3.03. The predicted molar refractivity (Wildman–Crippen MR) is 173 cm³/mol. The number of amides is 2. The Labute approximate surface area is 261 Å². The molecule has 4 rings (SSSR count). The number of piperazine rings is 1. The second-order valence-electron chi connectivity index (χ2n) is 9.64. The van der Waals surface area contributed by atoms with Crippen molar-refractivity contribution in [2.75, 3.05) is 79.7 Å². The fourth-order valence-electron chi connectivity index (χ4n) is 4.52. The number of halogens is 2. The number of aliphatic hydroxyl groups excluding tert-OH is 1. The highest BCUT2D eigenvalue weighted by Crippen LogP contribution is 2.44. The highest BCUT2D eigenvalue weighted by Gasteiger charge is 2.22. The Morgan fingerprint density at radius 1 is 1.09 bits per heavy atom. The number of rotatable bonds is 11. The maximum absolute atomic E-state index is 13.2. The van der Waals surface area contributed by atoms with E-state index in [4.69, 9.17) is 32.7 Å². The van der Waals surface area contributed by atoms with Crippen LogP contribution in [-0.4, -0.2) is 86.2 Å². The SMILES string of the molecule is C=CC(O)Nc1cc(N2CCN(CC)CC2)ccc1Nc1cc(N(C)C(=O)Nc2c(Cl)c(OC)cc(OC)c2Cl)ncn1. The Morgan fingerprint density at radius 2 is 1.77 bits per heavy atom. The largest absolute Gasteiger partial charge is 0.495 e. The van der Waals surface area contributed by atoms with Gasteiger partial charge in [-0.1, -0.05) is 36.7 Å². The summed E-state index contributed by atoms with van der Waals surface area (Å²) in [5, 5.41) is 19.6. The Bertz CT molecular complexity index is 1420. The second kappa shape index (κ2) is 14.5. The maximum atomic E-state index is 13.2. The lowest BCUT2D eigenvalue weighted by atomic mass is 10.2. The summed E-state index contributed by atoms with van der Waals surface area (Å²) in [5.74, 6) is 1.29. The lowest BCUT2D eigenvalue weighted by Crippen LogP contribution is -2.46. The van der Waals surface area contributed by atoms with Gasteiger partial charge in [-0.2, -0.15) is 0 Å². The lowest BCUT2D eigenvalue weighted by Gasteiger charge is -2.36. The Morgan fingerprint density at radius 3 is 2.37 bits per heavy atom. The highest BCUT2D eigenvalue weighted by atomic mass is 35.5. The second-order valence-corrected chi connectivity index (χ2v) is 10.4. The van der Waals surface area contributed by atoms with Gasteiger partial charge in [-0.15, -0.1) is 0 Å². The van der Waals surface area contributed by atoms with Crippen molar-refractivity contribution in [3.8, 4) is 11.5 Å². The zero-order valence-electron chi connectivity index (χ0n) is 24.5. The van der Waals surface area contributed by atoms with Gasteiger partial charge in [0.15, 0.2) is 0 Å². The fraction of sp³-hybridized carbons (Fsp3) is 0.345. The predicted octanol–water partition coefficient (Wildman–Crippen LogP) is 5.27. The highest BCUT2D eigenvalue weighted by molar-refractivity contribution is 6.41. The molecule has 0 bridgehead atoms. The maximum Gasteiger partial charge on any atom is 0.327 e. The first-order valence-corrected chi connectivity index (χ1v) is 14.4. The lowest BCUT2D eigenvalue weighted by molar-refractivity contribution is 0.253. The molecule has 1 fully saturated rings. The molecule has 4 N–H and O–H groups in total. The molecule has 2 heterocycles. The van der Waals surface area contributed by atoms with Crippen LogP contribution in [0, 0.1) is 0 Å². The van der Waals surface area contributed by atoms with Crippen LogP contribution in [0.3, 0.4) is 0 Å². The van der Waals surface area contributed by atoms with Crippen molar-refractivity contribution in [1.29, 1.82) is 0 Å². The number of hydrogen-bond donors (Lipinski definition) is 4. The van der Waals surface area contributed by atoms with Gasteiger partial charge < -0.3 is 40.3 Å².